The zero-order chi connectivity index (χ0) is 14.2. The summed E-state index contributed by atoms with van der Waals surface area (Å²) in [7, 11) is 1.79. The van der Waals surface area contributed by atoms with E-state index in [0.717, 1.165) is 28.8 Å². The quantitative estimate of drug-likeness (QED) is 0.678. The maximum Gasteiger partial charge on any atom is 0.269 e. The smallest absolute Gasteiger partial charge is 0.269 e. The summed E-state index contributed by atoms with van der Waals surface area (Å²) in [6.45, 7) is 3.85. The van der Waals surface area contributed by atoms with Crippen molar-refractivity contribution in [3.8, 4) is 11.3 Å². The molecule has 0 saturated heterocycles. The number of aryl methyl sites for hydroxylation is 2. The Morgan fingerprint density at radius 1 is 1.47 bits per heavy atom. The van der Waals surface area contributed by atoms with Crippen molar-refractivity contribution in [2.24, 2.45) is 7.05 Å². The van der Waals surface area contributed by atoms with Crippen molar-refractivity contribution in [3.05, 3.63) is 39.4 Å². The average molecular weight is 260 g/mol. The standard InChI is InChI=1S/C13H16N4O2/c1-4-10-12(15-16(3)13(10)14)11-6-5-9(17(18)19)7-8(11)2/h5-7H,4,14H2,1-3H3. The lowest BCUT2D eigenvalue weighted by Crippen LogP contribution is -1.98. The van der Waals surface area contributed by atoms with Crippen LogP contribution in [-0.2, 0) is 13.5 Å². The van der Waals surface area contributed by atoms with Crippen LogP contribution in [0.4, 0.5) is 11.5 Å². The Bertz CT molecular complexity index is 646. The number of nitrogens with zero attached hydrogens (tertiary/aromatic N) is 3. The van der Waals surface area contributed by atoms with E-state index in [0.29, 0.717) is 5.82 Å². The molecule has 0 bridgehead atoms. The number of nitrogen functional groups attached to an aromatic ring is 1. The van der Waals surface area contributed by atoms with E-state index in [1.807, 2.05) is 13.8 Å². The van der Waals surface area contributed by atoms with Crippen LogP contribution in [-0.4, -0.2) is 14.7 Å². The fourth-order valence-corrected chi connectivity index (χ4v) is 2.17. The van der Waals surface area contributed by atoms with Gasteiger partial charge in [0.25, 0.3) is 5.69 Å². The molecule has 0 amide bonds. The summed E-state index contributed by atoms with van der Waals surface area (Å²) in [6, 6.07) is 4.78. The van der Waals surface area contributed by atoms with E-state index in [-0.39, 0.29) is 5.69 Å². The summed E-state index contributed by atoms with van der Waals surface area (Å²) < 4.78 is 1.63. The highest BCUT2D eigenvalue weighted by Gasteiger charge is 2.17. The molecule has 6 heteroatoms. The van der Waals surface area contributed by atoms with Crippen LogP contribution in [0.3, 0.4) is 0 Å². The normalized spacial score (nSPS) is 10.7. The molecular weight excluding hydrogens is 244 g/mol. The minimum atomic E-state index is -0.399. The second-order valence-corrected chi connectivity index (χ2v) is 4.45. The predicted molar refractivity (Wildman–Crippen MR) is 73.8 cm³/mol. The number of rotatable bonds is 3. The molecule has 0 fully saturated rings. The Kier molecular flexibility index (Phi) is 3.25. The molecule has 2 N–H and O–H groups in total. The summed E-state index contributed by atoms with van der Waals surface area (Å²) in [5, 5.41) is 15.2. The number of benzene rings is 1. The van der Waals surface area contributed by atoms with Crippen molar-refractivity contribution in [1.29, 1.82) is 0 Å². The van der Waals surface area contributed by atoms with Crippen molar-refractivity contribution in [3.63, 3.8) is 0 Å². The van der Waals surface area contributed by atoms with Crippen LogP contribution in [0.1, 0.15) is 18.1 Å². The lowest BCUT2D eigenvalue weighted by atomic mass is 10.0. The molecule has 0 aliphatic heterocycles. The molecule has 0 radical (unpaired) electrons. The van der Waals surface area contributed by atoms with Crippen LogP contribution < -0.4 is 5.73 Å². The lowest BCUT2D eigenvalue weighted by molar-refractivity contribution is -0.384. The molecule has 1 aromatic heterocycles. The van der Waals surface area contributed by atoms with Crippen LogP contribution in [0.2, 0.25) is 0 Å². The van der Waals surface area contributed by atoms with Crippen molar-refractivity contribution in [2.45, 2.75) is 20.3 Å². The Morgan fingerprint density at radius 3 is 2.68 bits per heavy atom. The maximum absolute atomic E-state index is 10.7. The van der Waals surface area contributed by atoms with Gasteiger partial charge in [0, 0.05) is 30.3 Å². The minimum absolute atomic E-state index is 0.0863. The van der Waals surface area contributed by atoms with Crippen molar-refractivity contribution < 1.29 is 4.92 Å². The molecular formula is C13H16N4O2. The van der Waals surface area contributed by atoms with Gasteiger partial charge in [0.1, 0.15) is 5.82 Å². The first-order valence-electron chi connectivity index (χ1n) is 6.02. The third-order valence-electron chi connectivity index (χ3n) is 3.22. The summed E-state index contributed by atoms with van der Waals surface area (Å²) in [4.78, 5) is 10.3. The molecule has 1 heterocycles. The van der Waals surface area contributed by atoms with Crippen LogP contribution in [0, 0.1) is 17.0 Å². The van der Waals surface area contributed by atoms with Gasteiger partial charge >= 0.3 is 0 Å². The Hall–Kier alpha value is -2.37. The Balaban J connectivity index is 2.59. The Morgan fingerprint density at radius 2 is 2.16 bits per heavy atom. The molecule has 0 aliphatic rings. The van der Waals surface area contributed by atoms with Crippen molar-refractivity contribution in [2.75, 3.05) is 5.73 Å². The van der Waals surface area contributed by atoms with Gasteiger partial charge in [-0.3, -0.25) is 14.8 Å². The van der Waals surface area contributed by atoms with Crippen LogP contribution >= 0.6 is 0 Å². The first-order chi connectivity index (χ1) is 8.95. The van der Waals surface area contributed by atoms with E-state index >= 15 is 0 Å². The van der Waals surface area contributed by atoms with Gasteiger partial charge in [-0.05, 0) is 25.0 Å². The molecule has 2 rings (SSSR count). The van der Waals surface area contributed by atoms with E-state index < -0.39 is 4.92 Å². The van der Waals surface area contributed by atoms with Gasteiger partial charge in [0.2, 0.25) is 0 Å². The predicted octanol–water partition coefficient (Wildman–Crippen LogP) is 2.45. The number of nitro groups is 1. The largest absolute Gasteiger partial charge is 0.384 e. The number of nitrogens with two attached hydrogens (primary N) is 1. The molecule has 0 spiro atoms. The molecule has 0 atom stereocenters. The van der Waals surface area contributed by atoms with Gasteiger partial charge in [-0.25, -0.2) is 0 Å². The van der Waals surface area contributed by atoms with Crippen LogP contribution in [0.25, 0.3) is 11.3 Å². The molecule has 2 aromatic rings. The minimum Gasteiger partial charge on any atom is -0.384 e. The average Bonchev–Trinajstić information content (AvgIpc) is 2.65. The van der Waals surface area contributed by atoms with Gasteiger partial charge < -0.3 is 5.73 Å². The van der Waals surface area contributed by atoms with E-state index in [9.17, 15) is 10.1 Å². The maximum atomic E-state index is 10.7. The first kappa shape index (κ1) is 13.1. The number of hydrogen-bond donors (Lipinski definition) is 1. The van der Waals surface area contributed by atoms with E-state index in [1.54, 1.807) is 23.9 Å². The highest BCUT2D eigenvalue weighted by Crippen LogP contribution is 2.31. The second-order valence-electron chi connectivity index (χ2n) is 4.45. The van der Waals surface area contributed by atoms with Crippen molar-refractivity contribution >= 4 is 11.5 Å². The zero-order valence-corrected chi connectivity index (χ0v) is 11.2. The van der Waals surface area contributed by atoms with E-state index in [4.69, 9.17) is 5.73 Å². The van der Waals surface area contributed by atoms with Gasteiger partial charge in [-0.15, -0.1) is 0 Å². The topological polar surface area (TPSA) is 87.0 Å². The highest BCUT2D eigenvalue weighted by molar-refractivity contribution is 5.72. The third-order valence-corrected chi connectivity index (χ3v) is 3.22. The second kappa shape index (κ2) is 4.72. The van der Waals surface area contributed by atoms with Gasteiger partial charge in [-0.1, -0.05) is 6.92 Å². The van der Waals surface area contributed by atoms with Crippen molar-refractivity contribution in [1.82, 2.24) is 9.78 Å². The fourth-order valence-electron chi connectivity index (χ4n) is 2.17. The number of nitro benzene ring substituents is 1. The monoisotopic (exact) mass is 260 g/mol. The molecule has 1 aromatic carbocycles. The number of non-ortho nitro benzene ring substituents is 1. The van der Waals surface area contributed by atoms with E-state index in [1.165, 1.54) is 6.07 Å². The number of aromatic nitrogens is 2. The lowest BCUT2D eigenvalue weighted by Gasteiger charge is -2.05. The molecule has 0 unspecified atom stereocenters. The van der Waals surface area contributed by atoms with Crippen LogP contribution in [0.5, 0.6) is 0 Å². The zero-order valence-electron chi connectivity index (χ0n) is 11.2. The Labute approximate surface area is 111 Å². The van der Waals surface area contributed by atoms with Crippen LogP contribution in [0.15, 0.2) is 18.2 Å². The highest BCUT2D eigenvalue weighted by atomic mass is 16.6. The third kappa shape index (κ3) is 2.16. The van der Waals surface area contributed by atoms with Gasteiger partial charge in [0.05, 0.1) is 10.6 Å². The summed E-state index contributed by atoms with van der Waals surface area (Å²) >= 11 is 0. The SMILES string of the molecule is CCc1c(-c2ccc([N+](=O)[O-])cc2C)nn(C)c1N. The molecule has 19 heavy (non-hydrogen) atoms. The van der Waals surface area contributed by atoms with E-state index in [2.05, 4.69) is 5.10 Å². The van der Waals surface area contributed by atoms with Gasteiger partial charge in [-0.2, -0.15) is 5.10 Å². The number of hydrogen-bond acceptors (Lipinski definition) is 4. The first-order valence-corrected chi connectivity index (χ1v) is 6.02. The molecule has 6 nitrogen and oxygen atoms in total. The fraction of sp³-hybridized carbons (Fsp3) is 0.308. The van der Waals surface area contributed by atoms with Gasteiger partial charge in [0.15, 0.2) is 0 Å². The molecule has 0 saturated carbocycles. The summed E-state index contributed by atoms with van der Waals surface area (Å²) in [6.07, 6.45) is 0.769. The number of anilines is 1. The summed E-state index contributed by atoms with van der Waals surface area (Å²) in [5.74, 6) is 0.634. The molecule has 100 valence electrons. The molecule has 0 aliphatic carbocycles. The summed E-state index contributed by atoms with van der Waals surface area (Å²) in [5.41, 5.74) is 9.54.